The van der Waals surface area contributed by atoms with Gasteiger partial charge < -0.3 is 21.5 Å². The molecule has 1 unspecified atom stereocenters. The Hall–Kier alpha value is -2.08. The van der Waals surface area contributed by atoms with E-state index in [1.807, 2.05) is 12.1 Å². The predicted molar refractivity (Wildman–Crippen MR) is 71.2 cm³/mol. The Bertz CT molecular complexity index is 431. The third-order valence-electron chi connectivity index (χ3n) is 2.44. The van der Waals surface area contributed by atoms with Crippen LogP contribution in [0.3, 0.4) is 0 Å². The molecule has 104 valence electrons. The number of hydrogen-bond acceptors (Lipinski definition) is 4. The van der Waals surface area contributed by atoms with Crippen molar-refractivity contribution in [2.24, 2.45) is 11.5 Å². The first-order valence-electron chi connectivity index (χ1n) is 6.00. The van der Waals surface area contributed by atoms with Crippen LogP contribution in [0.5, 0.6) is 5.75 Å². The molecule has 0 saturated heterocycles. The molecule has 2 amide bonds. The van der Waals surface area contributed by atoms with E-state index >= 15 is 0 Å². The molecule has 0 saturated carbocycles. The van der Waals surface area contributed by atoms with Crippen molar-refractivity contribution in [3.8, 4) is 5.75 Å². The minimum atomic E-state index is -0.453. The Morgan fingerprint density at radius 2 is 1.95 bits per heavy atom. The number of amides is 2. The summed E-state index contributed by atoms with van der Waals surface area (Å²) in [5, 5.41) is 2.62. The van der Waals surface area contributed by atoms with Crippen molar-refractivity contribution in [3.05, 3.63) is 29.8 Å². The van der Waals surface area contributed by atoms with Crippen molar-refractivity contribution < 1.29 is 14.3 Å². The van der Waals surface area contributed by atoms with E-state index < -0.39 is 5.91 Å². The van der Waals surface area contributed by atoms with Crippen LogP contribution in [0.1, 0.15) is 18.9 Å². The van der Waals surface area contributed by atoms with Gasteiger partial charge in [0.2, 0.25) is 5.91 Å². The zero-order valence-electron chi connectivity index (χ0n) is 10.9. The lowest BCUT2D eigenvalue weighted by Gasteiger charge is -2.12. The van der Waals surface area contributed by atoms with Crippen molar-refractivity contribution in [1.29, 1.82) is 0 Å². The van der Waals surface area contributed by atoms with E-state index in [0.717, 1.165) is 5.56 Å². The van der Waals surface area contributed by atoms with E-state index in [2.05, 4.69) is 5.32 Å². The Morgan fingerprint density at radius 3 is 2.47 bits per heavy atom. The van der Waals surface area contributed by atoms with E-state index in [-0.39, 0.29) is 25.0 Å². The third kappa shape index (κ3) is 5.87. The molecule has 0 heterocycles. The number of nitrogens with one attached hydrogen (secondary N) is 1. The van der Waals surface area contributed by atoms with Gasteiger partial charge >= 0.3 is 0 Å². The quantitative estimate of drug-likeness (QED) is 0.640. The van der Waals surface area contributed by atoms with Crippen LogP contribution in [0, 0.1) is 0 Å². The molecule has 1 aromatic rings. The maximum absolute atomic E-state index is 11.5. The summed E-state index contributed by atoms with van der Waals surface area (Å²) >= 11 is 0. The molecular weight excluding hydrogens is 246 g/mol. The smallest absolute Gasteiger partial charge is 0.258 e. The minimum Gasteiger partial charge on any atom is -0.484 e. The molecule has 1 rings (SSSR count). The average Bonchev–Trinajstić information content (AvgIpc) is 2.36. The fraction of sp³-hybridized carbons (Fsp3) is 0.385. The van der Waals surface area contributed by atoms with Crippen molar-refractivity contribution >= 4 is 11.8 Å². The van der Waals surface area contributed by atoms with Gasteiger partial charge in [-0.1, -0.05) is 12.1 Å². The molecule has 0 radical (unpaired) electrons. The first kappa shape index (κ1) is 15.0. The molecule has 5 N–H and O–H groups in total. The van der Waals surface area contributed by atoms with Gasteiger partial charge in [0.1, 0.15) is 5.75 Å². The first-order chi connectivity index (χ1) is 9.01. The molecule has 0 aliphatic carbocycles. The summed E-state index contributed by atoms with van der Waals surface area (Å²) in [7, 11) is 0. The second kappa shape index (κ2) is 7.38. The topological polar surface area (TPSA) is 107 Å². The number of hydrogen-bond donors (Lipinski definition) is 3. The van der Waals surface area contributed by atoms with Gasteiger partial charge in [0.05, 0.1) is 0 Å². The fourth-order valence-electron chi connectivity index (χ4n) is 1.54. The Morgan fingerprint density at radius 1 is 1.32 bits per heavy atom. The summed E-state index contributed by atoms with van der Waals surface area (Å²) in [6.45, 7) is 2.06. The average molecular weight is 265 g/mol. The highest BCUT2D eigenvalue weighted by atomic mass is 16.5. The van der Waals surface area contributed by atoms with Crippen LogP contribution in [0.4, 0.5) is 0 Å². The normalized spacial score (nSPS) is 11.7. The third-order valence-corrected chi connectivity index (χ3v) is 2.44. The highest BCUT2D eigenvalue weighted by Gasteiger charge is 2.10. The Balaban J connectivity index is 2.34. The lowest BCUT2D eigenvalue weighted by molar-refractivity contribution is -0.124. The lowest BCUT2D eigenvalue weighted by Crippen LogP contribution is -2.38. The summed E-state index contributed by atoms with van der Waals surface area (Å²) in [5.74, 6) is -0.155. The zero-order chi connectivity index (χ0) is 14.3. The van der Waals surface area contributed by atoms with E-state index in [1.54, 1.807) is 19.1 Å². The summed E-state index contributed by atoms with van der Waals surface area (Å²) in [5.41, 5.74) is 11.5. The standard InChI is InChI=1S/C13H19N3O3/c1-9(6-12(15)17)16-13(18)8-19-11-4-2-10(7-14)3-5-11/h2-5,9H,6-8,14H2,1H3,(H2,15,17)(H,16,18). The molecule has 0 aliphatic rings. The van der Waals surface area contributed by atoms with Crippen molar-refractivity contribution in [2.75, 3.05) is 6.61 Å². The van der Waals surface area contributed by atoms with Gasteiger partial charge in [0, 0.05) is 19.0 Å². The van der Waals surface area contributed by atoms with Crippen molar-refractivity contribution in [3.63, 3.8) is 0 Å². The maximum atomic E-state index is 11.5. The van der Waals surface area contributed by atoms with Crippen LogP contribution in [-0.2, 0) is 16.1 Å². The summed E-state index contributed by atoms with van der Waals surface area (Å²) in [6, 6.07) is 6.88. The highest BCUT2D eigenvalue weighted by Crippen LogP contribution is 2.11. The van der Waals surface area contributed by atoms with Gasteiger partial charge in [0.25, 0.3) is 5.91 Å². The summed E-state index contributed by atoms with van der Waals surface area (Å²) in [6.07, 6.45) is 0.108. The largest absolute Gasteiger partial charge is 0.484 e. The van der Waals surface area contributed by atoms with E-state index in [0.29, 0.717) is 12.3 Å². The Kier molecular flexibility index (Phi) is 5.81. The fourth-order valence-corrected chi connectivity index (χ4v) is 1.54. The highest BCUT2D eigenvalue weighted by molar-refractivity contribution is 5.79. The lowest BCUT2D eigenvalue weighted by atomic mass is 10.2. The van der Waals surface area contributed by atoms with E-state index in [1.165, 1.54) is 0 Å². The summed E-state index contributed by atoms with van der Waals surface area (Å²) < 4.78 is 5.30. The van der Waals surface area contributed by atoms with Gasteiger partial charge in [-0.2, -0.15) is 0 Å². The summed E-state index contributed by atoms with van der Waals surface area (Å²) in [4.78, 5) is 22.2. The number of nitrogens with two attached hydrogens (primary N) is 2. The van der Waals surface area contributed by atoms with Gasteiger partial charge in [-0.25, -0.2) is 0 Å². The molecule has 19 heavy (non-hydrogen) atoms. The van der Waals surface area contributed by atoms with Crippen LogP contribution < -0.4 is 21.5 Å². The Labute approximate surface area is 112 Å². The van der Waals surface area contributed by atoms with Crippen molar-refractivity contribution in [1.82, 2.24) is 5.32 Å². The predicted octanol–water partition coefficient (Wildman–Crippen LogP) is -0.0958. The van der Waals surface area contributed by atoms with Crippen LogP contribution in [0.2, 0.25) is 0 Å². The second-order valence-electron chi connectivity index (χ2n) is 4.28. The molecule has 6 nitrogen and oxygen atoms in total. The van der Waals surface area contributed by atoms with Gasteiger partial charge in [-0.15, -0.1) is 0 Å². The number of rotatable bonds is 7. The van der Waals surface area contributed by atoms with E-state index in [4.69, 9.17) is 16.2 Å². The van der Waals surface area contributed by atoms with Crippen molar-refractivity contribution in [2.45, 2.75) is 25.9 Å². The maximum Gasteiger partial charge on any atom is 0.258 e. The second-order valence-corrected chi connectivity index (χ2v) is 4.28. The van der Waals surface area contributed by atoms with Gasteiger partial charge in [-0.3, -0.25) is 9.59 Å². The molecule has 0 bridgehead atoms. The first-order valence-corrected chi connectivity index (χ1v) is 6.00. The number of carbonyl (C=O) groups excluding carboxylic acids is 2. The van der Waals surface area contributed by atoms with Gasteiger partial charge in [-0.05, 0) is 24.6 Å². The van der Waals surface area contributed by atoms with Gasteiger partial charge in [0.15, 0.2) is 6.61 Å². The molecule has 1 aromatic carbocycles. The van der Waals surface area contributed by atoms with Crippen LogP contribution in [0.25, 0.3) is 0 Å². The monoisotopic (exact) mass is 265 g/mol. The van der Waals surface area contributed by atoms with Crippen LogP contribution in [0.15, 0.2) is 24.3 Å². The molecule has 0 spiro atoms. The number of benzene rings is 1. The van der Waals surface area contributed by atoms with Crippen LogP contribution in [-0.4, -0.2) is 24.5 Å². The van der Waals surface area contributed by atoms with Crippen LogP contribution >= 0.6 is 0 Å². The minimum absolute atomic E-state index is 0.106. The molecule has 0 aliphatic heterocycles. The zero-order valence-corrected chi connectivity index (χ0v) is 10.9. The molecule has 6 heteroatoms. The molecule has 0 aromatic heterocycles. The number of ether oxygens (including phenoxy) is 1. The molecule has 1 atom stereocenters. The number of carbonyl (C=O) groups is 2. The SMILES string of the molecule is CC(CC(N)=O)NC(=O)COc1ccc(CN)cc1. The number of primary amides is 1. The molecular formula is C13H19N3O3. The molecule has 0 fully saturated rings. The van der Waals surface area contributed by atoms with E-state index in [9.17, 15) is 9.59 Å².